The van der Waals surface area contributed by atoms with E-state index in [1.54, 1.807) is 12.1 Å². The van der Waals surface area contributed by atoms with Crippen LogP contribution >= 0.6 is 0 Å². The van der Waals surface area contributed by atoms with E-state index in [-0.39, 0.29) is 11.8 Å². The molecule has 1 unspecified atom stereocenters. The number of benzene rings is 2. The molecule has 0 aliphatic rings. The molecule has 0 fully saturated rings. The minimum absolute atomic E-state index is 0.00248. The Balaban J connectivity index is 2.13. The molecule has 106 valence electrons. The fraction of sp³-hybridized carbons (Fsp3) is 0.250. The SMILES string of the molecule is Cc1ccccc1NC(C)c1cccc(OC(F)F)c1. The van der Waals surface area contributed by atoms with Crippen LogP contribution in [0.3, 0.4) is 0 Å². The second-order valence-electron chi connectivity index (χ2n) is 4.63. The zero-order valence-electron chi connectivity index (χ0n) is 11.4. The highest BCUT2D eigenvalue weighted by Crippen LogP contribution is 2.25. The van der Waals surface area contributed by atoms with Gasteiger partial charge in [0.1, 0.15) is 5.75 Å². The fourth-order valence-corrected chi connectivity index (χ4v) is 2.01. The van der Waals surface area contributed by atoms with Crippen LogP contribution in [0.4, 0.5) is 14.5 Å². The van der Waals surface area contributed by atoms with Gasteiger partial charge in [-0.25, -0.2) is 0 Å². The first-order valence-electron chi connectivity index (χ1n) is 6.43. The monoisotopic (exact) mass is 277 g/mol. The van der Waals surface area contributed by atoms with E-state index in [1.165, 1.54) is 6.07 Å². The molecule has 20 heavy (non-hydrogen) atoms. The highest BCUT2D eigenvalue weighted by atomic mass is 19.3. The third kappa shape index (κ3) is 3.70. The molecule has 1 N–H and O–H groups in total. The summed E-state index contributed by atoms with van der Waals surface area (Å²) < 4.78 is 28.8. The maximum absolute atomic E-state index is 12.2. The lowest BCUT2D eigenvalue weighted by Gasteiger charge is -2.18. The lowest BCUT2D eigenvalue weighted by atomic mass is 10.1. The summed E-state index contributed by atoms with van der Waals surface area (Å²) in [5.74, 6) is 0.177. The molecule has 0 bridgehead atoms. The highest BCUT2D eigenvalue weighted by molar-refractivity contribution is 5.52. The van der Waals surface area contributed by atoms with E-state index < -0.39 is 6.61 Å². The number of nitrogens with one attached hydrogen (secondary N) is 1. The highest BCUT2D eigenvalue weighted by Gasteiger charge is 2.09. The van der Waals surface area contributed by atoms with E-state index in [0.717, 1.165) is 16.8 Å². The number of ether oxygens (including phenoxy) is 1. The Hall–Kier alpha value is -2.10. The molecular formula is C16H17F2NO. The number of anilines is 1. The lowest BCUT2D eigenvalue weighted by molar-refractivity contribution is -0.0498. The zero-order chi connectivity index (χ0) is 14.5. The first-order chi connectivity index (χ1) is 9.56. The molecule has 0 spiro atoms. The summed E-state index contributed by atoms with van der Waals surface area (Å²) in [7, 11) is 0. The Morgan fingerprint density at radius 3 is 2.50 bits per heavy atom. The summed E-state index contributed by atoms with van der Waals surface area (Å²) >= 11 is 0. The minimum atomic E-state index is -2.80. The molecular weight excluding hydrogens is 260 g/mol. The predicted octanol–water partition coefficient (Wildman–Crippen LogP) is 4.77. The molecule has 0 heterocycles. The van der Waals surface area contributed by atoms with Crippen LogP contribution in [-0.4, -0.2) is 6.61 Å². The van der Waals surface area contributed by atoms with E-state index in [2.05, 4.69) is 10.1 Å². The number of para-hydroxylation sites is 1. The average molecular weight is 277 g/mol. The maximum atomic E-state index is 12.2. The van der Waals surface area contributed by atoms with Crippen molar-refractivity contribution in [2.75, 3.05) is 5.32 Å². The van der Waals surface area contributed by atoms with Crippen molar-refractivity contribution in [3.05, 3.63) is 59.7 Å². The normalized spacial score (nSPS) is 12.2. The van der Waals surface area contributed by atoms with Gasteiger partial charge in [0.25, 0.3) is 0 Å². The van der Waals surface area contributed by atoms with Gasteiger partial charge >= 0.3 is 6.61 Å². The molecule has 2 aromatic carbocycles. The van der Waals surface area contributed by atoms with Crippen LogP contribution in [0.2, 0.25) is 0 Å². The molecule has 2 rings (SSSR count). The van der Waals surface area contributed by atoms with Gasteiger partial charge in [-0.15, -0.1) is 0 Å². The fourth-order valence-electron chi connectivity index (χ4n) is 2.01. The van der Waals surface area contributed by atoms with Crippen molar-refractivity contribution in [3.63, 3.8) is 0 Å². The summed E-state index contributed by atoms with van der Waals surface area (Å²) in [4.78, 5) is 0. The topological polar surface area (TPSA) is 21.3 Å². The smallest absolute Gasteiger partial charge is 0.387 e. The van der Waals surface area contributed by atoms with Gasteiger partial charge in [0, 0.05) is 11.7 Å². The molecule has 0 aromatic heterocycles. The number of hydrogen-bond acceptors (Lipinski definition) is 2. The van der Waals surface area contributed by atoms with Crippen LogP contribution < -0.4 is 10.1 Å². The van der Waals surface area contributed by atoms with Crippen molar-refractivity contribution in [3.8, 4) is 5.75 Å². The van der Waals surface area contributed by atoms with Crippen molar-refractivity contribution in [1.29, 1.82) is 0 Å². The molecule has 2 aromatic rings. The Kier molecular flexibility index (Phi) is 4.56. The van der Waals surface area contributed by atoms with Gasteiger partial charge in [-0.05, 0) is 43.2 Å². The Labute approximate surface area is 117 Å². The van der Waals surface area contributed by atoms with E-state index in [0.29, 0.717) is 0 Å². The van der Waals surface area contributed by atoms with Crippen LogP contribution in [0.1, 0.15) is 24.1 Å². The second-order valence-corrected chi connectivity index (χ2v) is 4.63. The van der Waals surface area contributed by atoms with Crippen LogP contribution in [0.15, 0.2) is 48.5 Å². The standard InChI is InChI=1S/C16H17F2NO/c1-11-6-3-4-9-15(11)19-12(2)13-7-5-8-14(10-13)20-16(17)18/h3-10,12,16,19H,1-2H3. The van der Waals surface area contributed by atoms with Gasteiger partial charge in [-0.3, -0.25) is 0 Å². The molecule has 2 nitrogen and oxygen atoms in total. The van der Waals surface area contributed by atoms with E-state index >= 15 is 0 Å². The Morgan fingerprint density at radius 1 is 1.05 bits per heavy atom. The first-order valence-corrected chi connectivity index (χ1v) is 6.43. The van der Waals surface area contributed by atoms with Gasteiger partial charge in [-0.2, -0.15) is 8.78 Å². The summed E-state index contributed by atoms with van der Waals surface area (Å²) in [5, 5.41) is 3.36. The van der Waals surface area contributed by atoms with Gasteiger partial charge < -0.3 is 10.1 Å². The molecule has 4 heteroatoms. The number of alkyl halides is 2. The molecule has 0 radical (unpaired) electrons. The van der Waals surface area contributed by atoms with Gasteiger partial charge in [-0.1, -0.05) is 30.3 Å². The molecule has 0 saturated carbocycles. The lowest BCUT2D eigenvalue weighted by Crippen LogP contribution is -2.08. The van der Waals surface area contributed by atoms with Crippen LogP contribution in [0, 0.1) is 6.92 Å². The van der Waals surface area contributed by atoms with E-state index in [4.69, 9.17) is 0 Å². The maximum Gasteiger partial charge on any atom is 0.387 e. The molecule has 0 saturated heterocycles. The summed E-state index contributed by atoms with van der Waals surface area (Å²) in [6, 6.07) is 14.7. The zero-order valence-corrected chi connectivity index (χ0v) is 11.4. The Morgan fingerprint density at radius 2 is 1.80 bits per heavy atom. The second kappa shape index (κ2) is 6.37. The van der Waals surface area contributed by atoms with Crippen molar-refractivity contribution < 1.29 is 13.5 Å². The van der Waals surface area contributed by atoms with Gasteiger partial charge in [0.2, 0.25) is 0 Å². The van der Waals surface area contributed by atoms with Crippen molar-refractivity contribution in [1.82, 2.24) is 0 Å². The third-order valence-corrected chi connectivity index (χ3v) is 3.10. The third-order valence-electron chi connectivity index (χ3n) is 3.10. The molecule has 0 aliphatic heterocycles. The minimum Gasteiger partial charge on any atom is -0.435 e. The molecule has 1 atom stereocenters. The predicted molar refractivity (Wildman–Crippen MR) is 76.3 cm³/mol. The number of rotatable bonds is 5. The van der Waals surface area contributed by atoms with Crippen molar-refractivity contribution >= 4 is 5.69 Å². The number of aryl methyl sites for hydroxylation is 1. The number of hydrogen-bond donors (Lipinski definition) is 1. The number of halogens is 2. The summed E-state index contributed by atoms with van der Waals surface area (Å²) in [5.41, 5.74) is 3.06. The summed E-state index contributed by atoms with van der Waals surface area (Å²) in [6.45, 7) is 1.20. The molecule has 0 amide bonds. The molecule has 0 aliphatic carbocycles. The largest absolute Gasteiger partial charge is 0.435 e. The van der Waals surface area contributed by atoms with Crippen molar-refractivity contribution in [2.45, 2.75) is 26.5 Å². The van der Waals surface area contributed by atoms with Gasteiger partial charge in [0.05, 0.1) is 0 Å². The first kappa shape index (κ1) is 14.3. The van der Waals surface area contributed by atoms with Gasteiger partial charge in [0.15, 0.2) is 0 Å². The van der Waals surface area contributed by atoms with Crippen molar-refractivity contribution in [2.24, 2.45) is 0 Å². The van der Waals surface area contributed by atoms with Crippen LogP contribution in [0.5, 0.6) is 5.75 Å². The quantitative estimate of drug-likeness (QED) is 0.850. The van der Waals surface area contributed by atoms with Crippen LogP contribution in [-0.2, 0) is 0 Å². The van der Waals surface area contributed by atoms with E-state index in [9.17, 15) is 8.78 Å². The summed E-state index contributed by atoms with van der Waals surface area (Å²) in [6.07, 6.45) is 0. The van der Waals surface area contributed by atoms with Crippen LogP contribution in [0.25, 0.3) is 0 Å². The van der Waals surface area contributed by atoms with E-state index in [1.807, 2.05) is 44.2 Å². The average Bonchev–Trinajstić information content (AvgIpc) is 2.41. The Bertz CT molecular complexity index is 572.